The summed E-state index contributed by atoms with van der Waals surface area (Å²) < 4.78 is 41.7. The van der Waals surface area contributed by atoms with Gasteiger partial charge in [-0.25, -0.2) is 22.3 Å². The molecule has 8 nitrogen and oxygen atoms in total. The van der Waals surface area contributed by atoms with E-state index in [1.807, 2.05) is 13.0 Å². The third-order valence-electron chi connectivity index (χ3n) is 6.60. The van der Waals surface area contributed by atoms with Gasteiger partial charge in [0.05, 0.1) is 10.9 Å². The third kappa shape index (κ3) is 7.39. The van der Waals surface area contributed by atoms with Gasteiger partial charge in [0, 0.05) is 23.3 Å². The van der Waals surface area contributed by atoms with E-state index in [9.17, 15) is 22.4 Å². The summed E-state index contributed by atoms with van der Waals surface area (Å²) in [5, 5.41) is 8.34. The molecule has 10 heteroatoms. The van der Waals surface area contributed by atoms with Crippen molar-refractivity contribution in [1.82, 2.24) is 10.0 Å². The molecule has 1 saturated carbocycles. The van der Waals surface area contributed by atoms with Crippen LogP contribution >= 0.6 is 0 Å². The van der Waals surface area contributed by atoms with Gasteiger partial charge in [0.15, 0.2) is 0 Å². The second kappa shape index (κ2) is 12.2. The van der Waals surface area contributed by atoms with Crippen molar-refractivity contribution in [2.75, 3.05) is 10.6 Å². The summed E-state index contributed by atoms with van der Waals surface area (Å²) in [5.74, 6) is -0.611. The Kier molecular flexibility index (Phi) is 8.75. The lowest BCUT2D eigenvalue weighted by Gasteiger charge is -2.29. The molecule has 200 valence electrons. The molecule has 0 spiro atoms. The number of sulfonamides is 1. The van der Waals surface area contributed by atoms with Gasteiger partial charge in [-0.15, -0.1) is 0 Å². The number of rotatable bonds is 8. The molecule has 1 aliphatic rings. The minimum atomic E-state index is -3.76. The average molecular weight is 539 g/mol. The molecule has 3 amide bonds. The summed E-state index contributed by atoms with van der Waals surface area (Å²) >= 11 is 0. The highest BCUT2D eigenvalue weighted by molar-refractivity contribution is 7.89. The van der Waals surface area contributed by atoms with Crippen LogP contribution in [-0.2, 0) is 14.8 Å². The summed E-state index contributed by atoms with van der Waals surface area (Å²) in [6, 6.07) is 20.0. The second-order valence-electron chi connectivity index (χ2n) is 9.42. The topological polar surface area (TPSA) is 116 Å². The molecule has 0 radical (unpaired) electrons. The molecule has 3 aromatic rings. The van der Waals surface area contributed by atoms with Crippen molar-refractivity contribution in [1.29, 1.82) is 0 Å². The van der Waals surface area contributed by atoms with Gasteiger partial charge in [-0.1, -0.05) is 30.3 Å². The van der Waals surface area contributed by atoms with E-state index >= 15 is 0 Å². The maximum Gasteiger partial charge on any atom is 0.323 e. The third-order valence-corrected chi connectivity index (χ3v) is 8.14. The van der Waals surface area contributed by atoms with Crippen LogP contribution in [0.4, 0.5) is 20.6 Å². The zero-order valence-corrected chi connectivity index (χ0v) is 21.8. The number of carbonyl (C=O) groups is 2. The molecule has 0 bridgehead atoms. The molecule has 1 fully saturated rings. The van der Waals surface area contributed by atoms with Gasteiger partial charge in [-0.3, -0.25) is 4.79 Å². The molecular weight excluding hydrogens is 507 g/mol. The van der Waals surface area contributed by atoms with Gasteiger partial charge in [-0.2, -0.15) is 0 Å². The fourth-order valence-electron chi connectivity index (χ4n) is 4.46. The van der Waals surface area contributed by atoms with Gasteiger partial charge < -0.3 is 16.0 Å². The van der Waals surface area contributed by atoms with Crippen molar-refractivity contribution in [2.45, 2.75) is 49.6 Å². The normalized spacial score (nSPS) is 18.3. The van der Waals surface area contributed by atoms with Crippen LogP contribution in [0.2, 0.25) is 0 Å². The number of urea groups is 1. The predicted octanol–water partition coefficient (Wildman–Crippen LogP) is 5.18. The monoisotopic (exact) mass is 538 g/mol. The first-order chi connectivity index (χ1) is 18.2. The van der Waals surface area contributed by atoms with Crippen LogP contribution in [0.1, 0.15) is 44.2 Å². The van der Waals surface area contributed by atoms with Crippen LogP contribution in [0.15, 0.2) is 83.8 Å². The Balaban J connectivity index is 1.25. The van der Waals surface area contributed by atoms with Gasteiger partial charge >= 0.3 is 6.03 Å². The largest absolute Gasteiger partial charge is 0.349 e. The van der Waals surface area contributed by atoms with Crippen molar-refractivity contribution in [3.63, 3.8) is 0 Å². The number of nitrogens with one attached hydrogen (secondary N) is 4. The molecule has 4 N–H and O–H groups in total. The first-order valence-electron chi connectivity index (χ1n) is 12.5. The van der Waals surface area contributed by atoms with E-state index in [0.717, 1.165) is 5.56 Å². The number of para-hydroxylation sites is 1. The highest BCUT2D eigenvalue weighted by atomic mass is 32.2. The SMILES string of the molecule is C[C@@H](NC(=O)C1CCC(NS(=O)(=O)c2ccc(NC(=O)Nc3ccccc3)cc2)CC1)c1ccc(F)cc1. The first-order valence-corrected chi connectivity index (χ1v) is 14.0. The number of benzene rings is 3. The fraction of sp³-hybridized carbons (Fsp3) is 0.286. The van der Waals surface area contributed by atoms with Crippen LogP contribution in [0.25, 0.3) is 0 Å². The van der Waals surface area contributed by atoms with Crippen molar-refractivity contribution < 1.29 is 22.4 Å². The highest BCUT2D eigenvalue weighted by Gasteiger charge is 2.29. The zero-order chi connectivity index (χ0) is 27.1. The molecule has 0 aromatic heterocycles. The van der Waals surface area contributed by atoms with Crippen molar-refractivity contribution >= 4 is 33.3 Å². The smallest absolute Gasteiger partial charge is 0.323 e. The summed E-state index contributed by atoms with van der Waals surface area (Å²) in [4.78, 5) is 25.0. The van der Waals surface area contributed by atoms with Gasteiger partial charge in [0.2, 0.25) is 15.9 Å². The van der Waals surface area contributed by atoms with Crippen LogP contribution in [-0.4, -0.2) is 26.4 Å². The van der Waals surface area contributed by atoms with E-state index in [2.05, 4.69) is 20.7 Å². The quantitative estimate of drug-likeness (QED) is 0.316. The minimum absolute atomic E-state index is 0.0810. The van der Waals surface area contributed by atoms with E-state index in [1.165, 1.54) is 36.4 Å². The number of hydrogen-bond acceptors (Lipinski definition) is 4. The molecule has 4 rings (SSSR count). The predicted molar refractivity (Wildman–Crippen MR) is 145 cm³/mol. The number of anilines is 2. The van der Waals surface area contributed by atoms with Crippen molar-refractivity contribution in [3.05, 3.63) is 90.2 Å². The summed E-state index contributed by atoms with van der Waals surface area (Å²) in [7, 11) is -3.76. The summed E-state index contributed by atoms with van der Waals surface area (Å²) in [5.41, 5.74) is 1.92. The molecular formula is C28H31FN4O4S. The molecule has 0 heterocycles. The fourth-order valence-corrected chi connectivity index (χ4v) is 5.76. The lowest BCUT2D eigenvalue weighted by atomic mass is 9.85. The van der Waals surface area contributed by atoms with Gasteiger partial charge in [0.25, 0.3) is 0 Å². The minimum Gasteiger partial charge on any atom is -0.349 e. The van der Waals surface area contributed by atoms with E-state index in [-0.39, 0.29) is 34.6 Å². The molecule has 0 saturated heterocycles. The summed E-state index contributed by atoms with van der Waals surface area (Å²) in [6.07, 6.45) is 2.21. The number of halogens is 1. The standard InChI is InChI=1S/C28H31FN4O4S/c1-19(20-7-11-22(29)12-8-20)30-27(34)21-9-13-25(14-10-21)33-38(36,37)26-17-15-24(16-18-26)32-28(35)31-23-5-3-2-4-6-23/h2-8,11-12,15-19,21,25,33H,9-10,13-14H2,1H3,(H,30,34)(H2,31,32,35)/t19-,21?,25?/m1/s1. The molecule has 38 heavy (non-hydrogen) atoms. The van der Waals surface area contributed by atoms with Crippen molar-refractivity contribution in [2.24, 2.45) is 5.92 Å². The Morgan fingerprint density at radius 1 is 0.816 bits per heavy atom. The Labute approximate surface area is 222 Å². The van der Waals surface area contributed by atoms with Crippen LogP contribution in [0.3, 0.4) is 0 Å². The molecule has 1 aliphatic carbocycles. The average Bonchev–Trinajstić information content (AvgIpc) is 2.90. The lowest BCUT2D eigenvalue weighted by Crippen LogP contribution is -2.41. The molecule has 0 unspecified atom stereocenters. The van der Waals surface area contributed by atoms with Gasteiger partial charge in [-0.05, 0) is 86.7 Å². The molecule has 1 atom stereocenters. The van der Waals surface area contributed by atoms with Crippen LogP contribution in [0, 0.1) is 11.7 Å². The van der Waals surface area contributed by atoms with Crippen LogP contribution in [0.5, 0.6) is 0 Å². The van der Waals surface area contributed by atoms with E-state index < -0.39 is 16.1 Å². The zero-order valence-electron chi connectivity index (χ0n) is 21.0. The highest BCUT2D eigenvalue weighted by Crippen LogP contribution is 2.27. The lowest BCUT2D eigenvalue weighted by molar-refractivity contribution is -0.126. The Bertz CT molecular complexity index is 1340. The molecule has 3 aromatic carbocycles. The summed E-state index contributed by atoms with van der Waals surface area (Å²) in [6.45, 7) is 1.85. The maximum absolute atomic E-state index is 13.1. The number of carbonyl (C=O) groups excluding carboxylic acids is 2. The Morgan fingerprint density at radius 2 is 1.39 bits per heavy atom. The van der Waals surface area contributed by atoms with E-state index in [1.54, 1.807) is 36.4 Å². The molecule has 0 aliphatic heterocycles. The van der Waals surface area contributed by atoms with Crippen LogP contribution < -0.4 is 20.7 Å². The number of amides is 3. The maximum atomic E-state index is 13.1. The van der Waals surface area contributed by atoms with Gasteiger partial charge in [0.1, 0.15) is 5.82 Å². The second-order valence-corrected chi connectivity index (χ2v) is 11.1. The number of hydrogen-bond donors (Lipinski definition) is 4. The Morgan fingerprint density at radius 3 is 2.00 bits per heavy atom. The van der Waals surface area contributed by atoms with Crippen molar-refractivity contribution in [3.8, 4) is 0 Å². The Hall–Kier alpha value is -3.76. The first kappa shape index (κ1) is 27.3. The van der Waals surface area contributed by atoms with E-state index in [0.29, 0.717) is 37.1 Å². The van der Waals surface area contributed by atoms with E-state index in [4.69, 9.17) is 0 Å².